The summed E-state index contributed by atoms with van der Waals surface area (Å²) in [6, 6.07) is -0.866. The minimum Gasteiger partial charge on any atom is -0.784 e. The van der Waals surface area contributed by atoms with Crippen molar-refractivity contribution in [3.05, 3.63) is 5.21 Å². The first-order valence-electron chi connectivity index (χ1n) is 4.01. The van der Waals surface area contributed by atoms with Crippen molar-refractivity contribution in [2.75, 3.05) is 13.6 Å². The number of nitrogens with zero attached hydrogens (tertiary/aromatic N) is 1. The molecule has 3 atom stereocenters. The molecule has 1 heterocycles. The number of hydrogen-bond acceptors (Lipinski definition) is 4. The molecule has 1 fully saturated rings. The van der Waals surface area contributed by atoms with Gasteiger partial charge in [0.1, 0.15) is 0 Å². The highest BCUT2D eigenvalue weighted by molar-refractivity contribution is 5.89. The van der Waals surface area contributed by atoms with Crippen molar-refractivity contribution in [3.63, 3.8) is 0 Å². The molecule has 74 valence electrons. The van der Waals surface area contributed by atoms with E-state index in [0.717, 1.165) is 0 Å². The number of carbonyl (C=O) groups is 2. The second kappa shape index (κ2) is 3.71. The number of carbonyl (C=O) groups excluding carboxylic acids is 2. The van der Waals surface area contributed by atoms with Gasteiger partial charge in [0.2, 0.25) is 11.8 Å². The summed E-state index contributed by atoms with van der Waals surface area (Å²) in [5.74, 6) is -0.662. The molecule has 0 aromatic rings. The Morgan fingerprint density at radius 3 is 2.46 bits per heavy atom. The maximum atomic E-state index is 11.1. The second-order valence-electron chi connectivity index (χ2n) is 2.94. The zero-order chi connectivity index (χ0) is 10.0. The fourth-order valence-corrected chi connectivity index (χ4v) is 1.02. The molecule has 0 saturated carbocycles. The molecule has 0 bridgehead atoms. The van der Waals surface area contributed by atoms with Crippen LogP contribution in [0.3, 0.4) is 0 Å². The maximum Gasteiger partial charge on any atom is 0.239 e. The summed E-state index contributed by atoms with van der Waals surface area (Å²) in [5, 5.41) is 16.1. The van der Waals surface area contributed by atoms with E-state index < -0.39 is 6.04 Å². The minimum absolute atomic E-state index is 0.0770. The molecule has 1 aliphatic heterocycles. The van der Waals surface area contributed by atoms with Crippen LogP contribution in [-0.4, -0.2) is 42.6 Å². The summed E-state index contributed by atoms with van der Waals surface area (Å²) >= 11 is 0. The Kier molecular flexibility index (Phi) is 2.84. The van der Waals surface area contributed by atoms with Crippen LogP contribution in [0.15, 0.2) is 0 Å². The van der Waals surface area contributed by atoms with E-state index in [1.807, 2.05) is 0 Å². The largest absolute Gasteiger partial charge is 0.784 e. The summed E-state index contributed by atoms with van der Waals surface area (Å²) in [4.78, 5) is 21.8. The molecule has 1 rings (SSSR count). The highest BCUT2D eigenvalue weighted by Crippen LogP contribution is 2.25. The maximum absolute atomic E-state index is 11.1. The first kappa shape index (κ1) is 9.94. The standard InChI is InChI=1S/C7H12N3O3/c1-4-6(10(4)13)7(12)9-3-5(11)8-2/h4,6H,3H2,1-2H3,(H,8,11)(H,9,12)/q-1. The van der Waals surface area contributed by atoms with Gasteiger partial charge in [-0.1, -0.05) is 0 Å². The van der Waals surface area contributed by atoms with Crippen LogP contribution in [0.25, 0.3) is 0 Å². The van der Waals surface area contributed by atoms with E-state index in [9.17, 15) is 14.8 Å². The third-order valence-corrected chi connectivity index (χ3v) is 2.01. The Balaban J connectivity index is 2.23. The number of nitrogens with one attached hydrogen (secondary N) is 2. The van der Waals surface area contributed by atoms with Gasteiger partial charge in [-0.25, -0.2) is 0 Å². The van der Waals surface area contributed by atoms with Gasteiger partial charge in [0, 0.05) is 13.1 Å². The van der Waals surface area contributed by atoms with E-state index in [4.69, 9.17) is 0 Å². The molecule has 0 aliphatic carbocycles. The molecule has 0 spiro atoms. The average Bonchev–Trinajstić information content (AvgIpc) is 2.70. The molecule has 2 N–H and O–H groups in total. The summed E-state index contributed by atoms with van der Waals surface area (Å²) in [6.45, 7) is 1.59. The van der Waals surface area contributed by atoms with E-state index >= 15 is 0 Å². The monoisotopic (exact) mass is 186 g/mol. The Morgan fingerprint density at radius 1 is 1.54 bits per heavy atom. The van der Waals surface area contributed by atoms with Gasteiger partial charge < -0.3 is 20.9 Å². The van der Waals surface area contributed by atoms with Crippen molar-refractivity contribution < 1.29 is 9.59 Å². The van der Waals surface area contributed by atoms with Crippen molar-refractivity contribution >= 4 is 11.8 Å². The van der Waals surface area contributed by atoms with Crippen molar-refractivity contribution in [2.24, 2.45) is 0 Å². The van der Waals surface area contributed by atoms with Crippen LogP contribution in [0.5, 0.6) is 0 Å². The lowest BCUT2D eigenvalue weighted by Crippen LogP contribution is -2.38. The Hall–Kier alpha value is -1.14. The van der Waals surface area contributed by atoms with Gasteiger partial charge in [0.05, 0.1) is 12.6 Å². The van der Waals surface area contributed by atoms with Gasteiger partial charge in [0.25, 0.3) is 0 Å². The smallest absolute Gasteiger partial charge is 0.239 e. The van der Waals surface area contributed by atoms with E-state index in [0.29, 0.717) is 5.06 Å². The van der Waals surface area contributed by atoms with Crippen molar-refractivity contribution in [2.45, 2.75) is 19.0 Å². The molecule has 1 aliphatic rings. The normalized spacial score (nSPS) is 30.8. The highest BCUT2D eigenvalue weighted by atomic mass is 16.5. The summed E-state index contributed by atoms with van der Waals surface area (Å²) in [5.41, 5.74) is 0. The number of hydrogen-bond donors (Lipinski definition) is 2. The molecule has 3 unspecified atom stereocenters. The molecule has 6 nitrogen and oxygen atoms in total. The molecular formula is C7H12N3O3-. The Morgan fingerprint density at radius 2 is 2.08 bits per heavy atom. The van der Waals surface area contributed by atoms with Crippen LogP contribution < -0.4 is 10.6 Å². The lowest BCUT2D eigenvalue weighted by Gasteiger charge is -2.06. The summed E-state index contributed by atoms with van der Waals surface area (Å²) in [6.07, 6.45) is 0. The highest BCUT2D eigenvalue weighted by Gasteiger charge is 2.41. The zero-order valence-electron chi connectivity index (χ0n) is 7.53. The third kappa shape index (κ3) is 2.16. The number of hydroxylamine groups is 2. The van der Waals surface area contributed by atoms with E-state index in [1.54, 1.807) is 6.92 Å². The third-order valence-electron chi connectivity index (χ3n) is 2.01. The van der Waals surface area contributed by atoms with Crippen LogP contribution in [0.4, 0.5) is 0 Å². The van der Waals surface area contributed by atoms with E-state index in [-0.39, 0.29) is 24.4 Å². The lowest BCUT2D eigenvalue weighted by molar-refractivity contribution is -0.125. The first-order chi connectivity index (χ1) is 6.07. The molecule has 6 heteroatoms. The zero-order valence-corrected chi connectivity index (χ0v) is 7.53. The molecule has 0 radical (unpaired) electrons. The van der Waals surface area contributed by atoms with Gasteiger partial charge in [0.15, 0.2) is 0 Å². The fourth-order valence-electron chi connectivity index (χ4n) is 1.02. The van der Waals surface area contributed by atoms with Crippen LogP contribution in [0, 0.1) is 5.21 Å². The quantitative estimate of drug-likeness (QED) is 0.521. The van der Waals surface area contributed by atoms with Crippen LogP contribution in [0.1, 0.15) is 6.92 Å². The molecule has 2 amide bonds. The van der Waals surface area contributed by atoms with Gasteiger partial charge in [-0.15, -0.1) is 0 Å². The van der Waals surface area contributed by atoms with Crippen molar-refractivity contribution in [1.29, 1.82) is 0 Å². The predicted molar refractivity (Wildman–Crippen MR) is 45.5 cm³/mol. The molecule has 0 aromatic carbocycles. The molecule has 13 heavy (non-hydrogen) atoms. The SMILES string of the molecule is CNC(=O)CNC(=O)C1C(C)N1[O-]. The number of amides is 2. The molecular weight excluding hydrogens is 174 g/mol. The van der Waals surface area contributed by atoms with Gasteiger partial charge in [-0.2, -0.15) is 0 Å². The van der Waals surface area contributed by atoms with Crippen LogP contribution in [-0.2, 0) is 9.59 Å². The molecule has 0 aromatic heterocycles. The first-order valence-corrected chi connectivity index (χ1v) is 4.01. The van der Waals surface area contributed by atoms with E-state index in [2.05, 4.69) is 10.6 Å². The molecule has 1 saturated heterocycles. The topological polar surface area (TPSA) is 84.3 Å². The van der Waals surface area contributed by atoms with Crippen LogP contribution in [0.2, 0.25) is 0 Å². The number of rotatable bonds is 3. The summed E-state index contributed by atoms with van der Waals surface area (Å²) < 4.78 is 0. The summed E-state index contributed by atoms with van der Waals surface area (Å²) in [7, 11) is 1.48. The Bertz CT molecular complexity index is 223. The van der Waals surface area contributed by atoms with Crippen molar-refractivity contribution in [3.8, 4) is 0 Å². The fraction of sp³-hybridized carbons (Fsp3) is 0.714. The van der Waals surface area contributed by atoms with Crippen molar-refractivity contribution in [1.82, 2.24) is 15.7 Å². The van der Waals surface area contributed by atoms with Crippen LogP contribution >= 0.6 is 0 Å². The van der Waals surface area contributed by atoms with Gasteiger partial charge in [-0.3, -0.25) is 9.59 Å². The van der Waals surface area contributed by atoms with E-state index in [1.165, 1.54) is 7.05 Å². The number of likely N-dealkylation sites (N-methyl/N-ethyl adjacent to an activating group) is 1. The van der Waals surface area contributed by atoms with Gasteiger partial charge in [-0.05, 0) is 6.92 Å². The minimum atomic E-state index is -0.607. The Labute approximate surface area is 75.9 Å². The second-order valence-corrected chi connectivity index (χ2v) is 2.94. The lowest BCUT2D eigenvalue weighted by atomic mass is 10.3. The average molecular weight is 186 g/mol. The predicted octanol–water partition coefficient (Wildman–Crippen LogP) is -1.58. The van der Waals surface area contributed by atoms with Gasteiger partial charge >= 0.3 is 0 Å².